The third-order valence-electron chi connectivity index (χ3n) is 6.28. The lowest BCUT2D eigenvalue weighted by atomic mass is 9.92. The molecule has 0 spiro atoms. The molecule has 1 amide bonds. The van der Waals surface area contributed by atoms with E-state index in [4.69, 9.17) is 9.72 Å². The van der Waals surface area contributed by atoms with Gasteiger partial charge in [0.25, 0.3) is 0 Å². The van der Waals surface area contributed by atoms with Crippen LogP contribution in [0, 0.1) is 5.82 Å². The van der Waals surface area contributed by atoms with E-state index in [0.29, 0.717) is 35.4 Å². The van der Waals surface area contributed by atoms with E-state index in [2.05, 4.69) is 10.2 Å². The lowest BCUT2D eigenvalue weighted by molar-refractivity contribution is -0.129. The summed E-state index contributed by atoms with van der Waals surface area (Å²) in [6.45, 7) is 2.07. The van der Waals surface area contributed by atoms with E-state index in [1.54, 1.807) is 24.0 Å². The van der Waals surface area contributed by atoms with Crippen molar-refractivity contribution in [1.29, 1.82) is 0 Å². The molecule has 2 aliphatic rings. The number of pyridine rings is 1. The normalized spacial score (nSPS) is 16.2. The maximum atomic E-state index is 13.5. The number of aromatic nitrogens is 3. The SMILES string of the molecule is CCOC(=O)c1c(Cc2ccc(F)cc2)nc2c(c1-c1ccc(C(=O)O)nn1)CN1C(=O)CCC21. The minimum atomic E-state index is -1.22. The predicted octanol–water partition coefficient (Wildman–Crippen LogP) is 3.32. The molecule has 2 aromatic heterocycles. The van der Waals surface area contributed by atoms with Crippen LogP contribution in [-0.2, 0) is 22.5 Å². The van der Waals surface area contributed by atoms with E-state index in [9.17, 15) is 23.9 Å². The lowest BCUT2D eigenvalue weighted by Gasteiger charge is -2.18. The molecule has 35 heavy (non-hydrogen) atoms. The summed E-state index contributed by atoms with van der Waals surface area (Å²) in [5.41, 5.74) is 3.16. The number of carbonyl (C=O) groups is 3. The fourth-order valence-electron chi connectivity index (χ4n) is 4.72. The monoisotopic (exact) mass is 476 g/mol. The van der Waals surface area contributed by atoms with Gasteiger partial charge in [-0.15, -0.1) is 10.2 Å². The number of benzene rings is 1. The maximum Gasteiger partial charge on any atom is 0.356 e. The van der Waals surface area contributed by atoms with Crippen molar-refractivity contribution in [1.82, 2.24) is 20.1 Å². The second-order valence-electron chi connectivity index (χ2n) is 8.38. The third-order valence-corrected chi connectivity index (χ3v) is 6.28. The minimum absolute atomic E-state index is 0.00373. The van der Waals surface area contributed by atoms with Crippen molar-refractivity contribution in [2.45, 2.75) is 38.8 Å². The molecule has 178 valence electrons. The number of fused-ring (bicyclic) bond motifs is 3. The molecule has 10 heteroatoms. The molecule has 3 aromatic rings. The number of rotatable bonds is 6. The van der Waals surface area contributed by atoms with Crippen molar-refractivity contribution >= 4 is 17.8 Å². The number of hydrogen-bond acceptors (Lipinski definition) is 7. The number of carboxylic acids is 1. The highest BCUT2D eigenvalue weighted by atomic mass is 19.1. The fourth-order valence-corrected chi connectivity index (χ4v) is 4.72. The molecule has 1 aromatic carbocycles. The second-order valence-corrected chi connectivity index (χ2v) is 8.38. The van der Waals surface area contributed by atoms with Crippen molar-refractivity contribution in [3.8, 4) is 11.3 Å². The molecule has 1 N–H and O–H groups in total. The van der Waals surface area contributed by atoms with Crippen LogP contribution in [0.2, 0.25) is 0 Å². The van der Waals surface area contributed by atoms with Crippen LogP contribution in [0.1, 0.15) is 69.2 Å². The van der Waals surface area contributed by atoms with Crippen LogP contribution in [-0.4, -0.2) is 49.6 Å². The largest absolute Gasteiger partial charge is 0.476 e. The van der Waals surface area contributed by atoms with E-state index in [-0.39, 0.29) is 54.3 Å². The van der Waals surface area contributed by atoms with Crippen LogP contribution >= 0.6 is 0 Å². The Morgan fingerprint density at radius 2 is 1.94 bits per heavy atom. The average Bonchev–Trinajstić information content (AvgIpc) is 3.39. The van der Waals surface area contributed by atoms with Crippen LogP contribution in [0.3, 0.4) is 0 Å². The topological polar surface area (TPSA) is 123 Å². The molecule has 0 aliphatic carbocycles. The van der Waals surface area contributed by atoms with E-state index in [0.717, 1.165) is 5.56 Å². The summed E-state index contributed by atoms with van der Waals surface area (Å²) < 4.78 is 18.9. The number of aromatic carboxylic acids is 1. The fraction of sp³-hybridized carbons (Fsp3) is 0.280. The van der Waals surface area contributed by atoms with Gasteiger partial charge in [0.15, 0.2) is 5.69 Å². The molecular weight excluding hydrogens is 455 g/mol. The standard InChI is InChI=1S/C25H21FN4O5/c1-2-35-25(34)22-18(11-13-3-5-14(26)6-4-13)27-23-15(12-30-19(23)9-10-20(30)31)21(22)16-7-8-17(24(32)33)29-28-16/h3-8,19H,2,9-12H2,1H3,(H,32,33). The summed E-state index contributed by atoms with van der Waals surface area (Å²) in [7, 11) is 0. The van der Waals surface area contributed by atoms with Crippen LogP contribution in [0.4, 0.5) is 4.39 Å². The summed E-state index contributed by atoms with van der Waals surface area (Å²) in [5, 5.41) is 17.1. The van der Waals surface area contributed by atoms with Gasteiger partial charge < -0.3 is 14.7 Å². The second kappa shape index (κ2) is 8.86. The number of amides is 1. The molecular formula is C25H21FN4O5. The van der Waals surface area contributed by atoms with Gasteiger partial charge in [-0.1, -0.05) is 12.1 Å². The van der Waals surface area contributed by atoms with Crippen molar-refractivity contribution in [3.63, 3.8) is 0 Å². The maximum absolute atomic E-state index is 13.5. The Morgan fingerprint density at radius 1 is 1.17 bits per heavy atom. The molecule has 1 atom stereocenters. The number of nitrogens with zero attached hydrogens (tertiary/aromatic N) is 4. The van der Waals surface area contributed by atoms with Crippen molar-refractivity contribution in [3.05, 3.63) is 76.0 Å². The molecule has 0 radical (unpaired) electrons. The molecule has 1 fully saturated rings. The molecule has 9 nitrogen and oxygen atoms in total. The minimum Gasteiger partial charge on any atom is -0.476 e. The first-order valence-corrected chi connectivity index (χ1v) is 11.2. The Bertz CT molecular complexity index is 1340. The Hall–Kier alpha value is -4.21. The zero-order valence-electron chi connectivity index (χ0n) is 18.8. The zero-order chi connectivity index (χ0) is 24.7. The van der Waals surface area contributed by atoms with E-state index >= 15 is 0 Å². The molecule has 2 aliphatic heterocycles. The van der Waals surface area contributed by atoms with Gasteiger partial charge in [0, 0.05) is 30.5 Å². The molecule has 4 heterocycles. The van der Waals surface area contributed by atoms with Gasteiger partial charge in [-0.25, -0.2) is 14.0 Å². The van der Waals surface area contributed by atoms with E-state index in [1.165, 1.54) is 24.3 Å². The smallest absolute Gasteiger partial charge is 0.356 e. The number of hydrogen-bond donors (Lipinski definition) is 1. The number of carbonyl (C=O) groups excluding carboxylic acids is 2. The predicted molar refractivity (Wildman–Crippen MR) is 120 cm³/mol. The molecule has 1 saturated heterocycles. The van der Waals surface area contributed by atoms with Gasteiger partial charge in [-0.2, -0.15) is 0 Å². The number of esters is 1. The highest BCUT2D eigenvalue weighted by Crippen LogP contribution is 2.45. The summed E-state index contributed by atoms with van der Waals surface area (Å²) in [6.07, 6.45) is 1.24. The summed E-state index contributed by atoms with van der Waals surface area (Å²) >= 11 is 0. The first-order chi connectivity index (χ1) is 16.9. The first-order valence-electron chi connectivity index (χ1n) is 11.2. The summed E-state index contributed by atoms with van der Waals surface area (Å²) in [4.78, 5) is 43.6. The Kier molecular flexibility index (Phi) is 5.72. The third kappa shape index (κ3) is 4.01. The number of halogens is 1. The summed E-state index contributed by atoms with van der Waals surface area (Å²) in [6, 6.07) is 8.49. The quantitative estimate of drug-likeness (QED) is 0.538. The van der Waals surface area contributed by atoms with Crippen molar-refractivity contribution < 1.29 is 28.6 Å². The van der Waals surface area contributed by atoms with Crippen molar-refractivity contribution in [2.24, 2.45) is 0 Å². The highest BCUT2D eigenvalue weighted by Gasteiger charge is 2.43. The Morgan fingerprint density at radius 3 is 2.60 bits per heavy atom. The summed E-state index contributed by atoms with van der Waals surface area (Å²) in [5.74, 6) is -2.21. The van der Waals surface area contributed by atoms with Gasteiger partial charge >= 0.3 is 11.9 Å². The van der Waals surface area contributed by atoms with E-state index < -0.39 is 11.9 Å². The van der Waals surface area contributed by atoms with Gasteiger partial charge in [0.05, 0.1) is 35.3 Å². The van der Waals surface area contributed by atoms with Gasteiger partial charge in [-0.3, -0.25) is 9.78 Å². The van der Waals surface area contributed by atoms with E-state index in [1.807, 2.05) is 0 Å². The van der Waals surface area contributed by atoms with Crippen molar-refractivity contribution in [2.75, 3.05) is 6.61 Å². The van der Waals surface area contributed by atoms with Crippen LogP contribution in [0.15, 0.2) is 36.4 Å². The Balaban J connectivity index is 1.74. The average molecular weight is 476 g/mol. The van der Waals surface area contributed by atoms with Crippen LogP contribution in [0.25, 0.3) is 11.3 Å². The number of carboxylic acid groups (broad SMARTS) is 1. The highest BCUT2D eigenvalue weighted by molar-refractivity contribution is 5.99. The molecule has 0 bridgehead atoms. The van der Waals surface area contributed by atoms with Crippen LogP contribution in [0.5, 0.6) is 0 Å². The van der Waals surface area contributed by atoms with Gasteiger partial charge in [0.2, 0.25) is 5.91 Å². The lowest BCUT2D eigenvalue weighted by Crippen LogP contribution is -2.20. The van der Waals surface area contributed by atoms with Crippen LogP contribution < -0.4 is 0 Å². The first kappa shape index (κ1) is 22.6. The zero-order valence-corrected chi connectivity index (χ0v) is 18.8. The number of ether oxygens (including phenoxy) is 1. The molecule has 1 unspecified atom stereocenters. The molecule has 5 rings (SSSR count). The molecule has 0 saturated carbocycles. The van der Waals surface area contributed by atoms with Gasteiger partial charge in [0.1, 0.15) is 5.82 Å². The Labute approximate surface area is 199 Å². The van der Waals surface area contributed by atoms with Gasteiger partial charge in [-0.05, 0) is 43.2 Å².